The molecule has 0 fully saturated rings. The molecule has 0 saturated carbocycles. The largest absolute Gasteiger partial charge is 0.360 e. The zero-order valence-corrected chi connectivity index (χ0v) is 13.6. The number of carbonyl (C=O) groups excluding carboxylic acids is 1. The number of nitrogens with one attached hydrogen (secondary N) is 1. The molecule has 2 aromatic rings. The van der Waals surface area contributed by atoms with Gasteiger partial charge in [-0.1, -0.05) is 30.3 Å². The second-order valence-electron chi connectivity index (χ2n) is 6.12. The molecule has 126 valence electrons. The number of nitrogens with zero attached hydrogens (tertiary/aromatic N) is 1. The summed E-state index contributed by atoms with van der Waals surface area (Å²) in [6.07, 6.45) is 1.40. The number of hydrogen-bond donors (Lipinski definition) is 1. The van der Waals surface area contributed by atoms with E-state index in [0.29, 0.717) is 24.2 Å². The molecule has 24 heavy (non-hydrogen) atoms. The lowest BCUT2D eigenvalue weighted by Gasteiger charge is -2.31. The van der Waals surface area contributed by atoms with Crippen LogP contribution in [0.2, 0.25) is 0 Å². The van der Waals surface area contributed by atoms with E-state index < -0.39 is 11.6 Å². The number of halogens is 2. The van der Waals surface area contributed by atoms with E-state index >= 15 is 0 Å². The lowest BCUT2D eigenvalue weighted by Crippen LogP contribution is -2.41. The van der Waals surface area contributed by atoms with Crippen LogP contribution in [0, 0.1) is 11.6 Å². The number of anilines is 1. The third kappa shape index (κ3) is 3.55. The minimum absolute atomic E-state index is 0.0622. The van der Waals surface area contributed by atoms with Gasteiger partial charge in [-0.2, -0.15) is 0 Å². The normalized spacial score (nSPS) is 14.9. The fraction of sp³-hybridized carbons (Fsp3) is 0.316. The molecule has 3 nitrogen and oxygen atoms in total. The molecule has 1 atom stereocenters. The predicted molar refractivity (Wildman–Crippen MR) is 89.9 cm³/mol. The van der Waals surface area contributed by atoms with Crippen molar-refractivity contribution in [3.63, 3.8) is 0 Å². The van der Waals surface area contributed by atoms with E-state index in [1.54, 1.807) is 4.90 Å². The van der Waals surface area contributed by atoms with Gasteiger partial charge in [0.05, 0.1) is 18.3 Å². The summed E-state index contributed by atoms with van der Waals surface area (Å²) in [5, 5.41) is 2.93. The van der Waals surface area contributed by atoms with Crippen LogP contribution in [0.4, 0.5) is 14.5 Å². The van der Waals surface area contributed by atoms with Crippen molar-refractivity contribution >= 4 is 11.6 Å². The fourth-order valence-electron chi connectivity index (χ4n) is 3.18. The van der Waals surface area contributed by atoms with E-state index in [0.717, 1.165) is 18.1 Å². The molecule has 2 aromatic carbocycles. The van der Waals surface area contributed by atoms with Crippen LogP contribution in [-0.4, -0.2) is 19.0 Å². The molecule has 0 bridgehead atoms. The monoisotopic (exact) mass is 330 g/mol. The van der Waals surface area contributed by atoms with Crippen molar-refractivity contribution in [3.8, 4) is 0 Å². The minimum Gasteiger partial charge on any atom is -0.360 e. The Bertz CT molecular complexity index is 734. The van der Waals surface area contributed by atoms with Gasteiger partial charge in [-0.05, 0) is 37.0 Å². The lowest BCUT2D eigenvalue weighted by molar-refractivity contribution is -0.120. The molecule has 0 radical (unpaired) electrons. The van der Waals surface area contributed by atoms with E-state index in [1.165, 1.54) is 6.07 Å². The average Bonchev–Trinajstić information content (AvgIpc) is 2.55. The highest BCUT2D eigenvalue weighted by Gasteiger charge is 2.24. The second kappa shape index (κ2) is 6.99. The highest BCUT2D eigenvalue weighted by molar-refractivity contribution is 5.82. The molecule has 1 N–H and O–H groups in total. The Balaban J connectivity index is 1.70. The molecule has 5 heteroatoms. The maximum Gasteiger partial charge on any atom is 0.239 e. The molecule has 0 aromatic heterocycles. The second-order valence-corrected chi connectivity index (χ2v) is 6.12. The van der Waals surface area contributed by atoms with Gasteiger partial charge in [0.15, 0.2) is 0 Å². The van der Waals surface area contributed by atoms with Crippen LogP contribution in [-0.2, 0) is 11.2 Å². The van der Waals surface area contributed by atoms with Gasteiger partial charge in [-0.25, -0.2) is 8.78 Å². The topological polar surface area (TPSA) is 32.3 Å². The van der Waals surface area contributed by atoms with Crippen LogP contribution < -0.4 is 10.2 Å². The summed E-state index contributed by atoms with van der Waals surface area (Å²) < 4.78 is 27.5. The molecule has 1 amide bonds. The SMILES string of the molecule is C[C@@H](NC(=O)CN1CCCc2cc(F)cc(F)c21)c1ccccc1. The first-order valence-corrected chi connectivity index (χ1v) is 8.12. The van der Waals surface area contributed by atoms with Gasteiger partial charge in [0.25, 0.3) is 0 Å². The summed E-state index contributed by atoms with van der Waals surface area (Å²) in [5.41, 5.74) is 1.99. The van der Waals surface area contributed by atoms with Gasteiger partial charge in [0.2, 0.25) is 5.91 Å². The van der Waals surface area contributed by atoms with Crippen molar-refractivity contribution < 1.29 is 13.6 Å². The molecular weight excluding hydrogens is 310 g/mol. The molecule has 1 aliphatic rings. The Kier molecular flexibility index (Phi) is 4.79. The van der Waals surface area contributed by atoms with Gasteiger partial charge >= 0.3 is 0 Å². The number of hydrogen-bond acceptors (Lipinski definition) is 2. The van der Waals surface area contributed by atoms with Gasteiger partial charge in [-0.15, -0.1) is 0 Å². The van der Waals surface area contributed by atoms with Crippen molar-refractivity contribution in [2.75, 3.05) is 18.0 Å². The van der Waals surface area contributed by atoms with E-state index in [2.05, 4.69) is 5.32 Å². The van der Waals surface area contributed by atoms with Crippen LogP contribution in [0.25, 0.3) is 0 Å². The molecule has 1 aliphatic heterocycles. The molecule has 0 aliphatic carbocycles. The third-order valence-corrected chi connectivity index (χ3v) is 4.31. The highest BCUT2D eigenvalue weighted by Crippen LogP contribution is 2.30. The van der Waals surface area contributed by atoms with E-state index in [9.17, 15) is 13.6 Å². The molecule has 3 rings (SSSR count). The minimum atomic E-state index is -0.603. The van der Waals surface area contributed by atoms with Gasteiger partial charge < -0.3 is 10.2 Å². The maximum absolute atomic E-state index is 14.1. The van der Waals surface area contributed by atoms with Crippen LogP contribution in [0.1, 0.15) is 30.5 Å². The summed E-state index contributed by atoms with van der Waals surface area (Å²) >= 11 is 0. The molecule has 1 heterocycles. The first-order valence-electron chi connectivity index (χ1n) is 8.12. The molecule has 0 spiro atoms. The molecule has 0 unspecified atom stereocenters. The number of fused-ring (bicyclic) bond motifs is 1. The Morgan fingerprint density at radius 3 is 2.75 bits per heavy atom. The van der Waals surface area contributed by atoms with Crippen molar-refractivity contribution in [2.24, 2.45) is 0 Å². The summed E-state index contributed by atoms with van der Waals surface area (Å²) in [6, 6.07) is 11.8. The third-order valence-electron chi connectivity index (χ3n) is 4.31. The zero-order chi connectivity index (χ0) is 17.1. The maximum atomic E-state index is 14.1. The van der Waals surface area contributed by atoms with Crippen LogP contribution in [0.5, 0.6) is 0 Å². The summed E-state index contributed by atoms with van der Waals surface area (Å²) in [4.78, 5) is 14.0. The molecular formula is C19H20F2N2O. The van der Waals surface area contributed by atoms with Crippen molar-refractivity contribution in [2.45, 2.75) is 25.8 Å². The smallest absolute Gasteiger partial charge is 0.239 e. The summed E-state index contributed by atoms with van der Waals surface area (Å²) in [5.74, 6) is -1.35. The standard InChI is InChI=1S/C19H20F2N2O/c1-13(14-6-3-2-4-7-14)22-18(24)12-23-9-5-8-15-10-16(20)11-17(21)19(15)23/h2-4,6-7,10-11,13H,5,8-9,12H2,1H3,(H,22,24)/t13-/m1/s1. The van der Waals surface area contributed by atoms with Crippen molar-refractivity contribution in [1.82, 2.24) is 5.32 Å². The number of benzene rings is 2. The highest BCUT2D eigenvalue weighted by atomic mass is 19.1. The summed E-state index contributed by atoms with van der Waals surface area (Å²) in [6.45, 7) is 2.56. The predicted octanol–water partition coefficient (Wildman–Crippen LogP) is 3.59. The number of aryl methyl sites for hydroxylation is 1. The van der Waals surface area contributed by atoms with Gasteiger partial charge in [0.1, 0.15) is 11.6 Å². The average molecular weight is 330 g/mol. The van der Waals surface area contributed by atoms with Gasteiger partial charge in [-0.3, -0.25) is 4.79 Å². The van der Waals surface area contributed by atoms with Crippen LogP contribution in [0.3, 0.4) is 0 Å². The van der Waals surface area contributed by atoms with Crippen LogP contribution >= 0.6 is 0 Å². The number of carbonyl (C=O) groups is 1. The fourth-order valence-corrected chi connectivity index (χ4v) is 3.18. The quantitative estimate of drug-likeness (QED) is 0.929. The Hall–Kier alpha value is -2.43. The van der Waals surface area contributed by atoms with E-state index in [4.69, 9.17) is 0 Å². The Morgan fingerprint density at radius 1 is 1.25 bits per heavy atom. The first kappa shape index (κ1) is 16.4. The Morgan fingerprint density at radius 2 is 2.00 bits per heavy atom. The summed E-state index contributed by atoms with van der Waals surface area (Å²) in [7, 11) is 0. The van der Waals surface area contributed by atoms with Crippen LogP contribution in [0.15, 0.2) is 42.5 Å². The number of rotatable bonds is 4. The lowest BCUT2D eigenvalue weighted by atomic mass is 10.0. The zero-order valence-electron chi connectivity index (χ0n) is 13.6. The number of amides is 1. The molecule has 0 saturated heterocycles. The first-order chi connectivity index (χ1) is 11.5. The van der Waals surface area contributed by atoms with Crippen molar-refractivity contribution in [3.05, 3.63) is 65.2 Å². The Labute approximate surface area is 140 Å². The van der Waals surface area contributed by atoms with Gasteiger partial charge in [0, 0.05) is 12.6 Å². The van der Waals surface area contributed by atoms with Crippen molar-refractivity contribution in [1.29, 1.82) is 0 Å². The van der Waals surface area contributed by atoms with E-state index in [1.807, 2.05) is 37.3 Å². The van der Waals surface area contributed by atoms with E-state index in [-0.39, 0.29) is 18.5 Å².